The Morgan fingerprint density at radius 3 is 2.46 bits per heavy atom. The highest BCUT2D eigenvalue weighted by Crippen LogP contribution is 2.52. The van der Waals surface area contributed by atoms with Crippen molar-refractivity contribution in [2.45, 2.75) is 63.9 Å². The molecule has 6 rings (SSSR count). The fraction of sp³-hybridized carbons (Fsp3) is 0.400. The molecule has 1 saturated heterocycles. The van der Waals surface area contributed by atoms with Gasteiger partial charge in [-0.3, -0.25) is 0 Å². The Bertz CT molecular complexity index is 1860. The first-order chi connectivity index (χ1) is 24.1. The number of rotatable bonds is 10. The average Bonchev–Trinajstić information content (AvgIpc) is 3.42. The summed E-state index contributed by atoms with van der Waals surface area (Å²) in [4.78, 5) is 12.0. The third kappa shape index (κ3) is 7.81. The van der Waals surface area contributed by atoms with Gasteiger partial charge in [-0.25, -0.2) is 4.98 Å². The van der Waals surface area contributed by atoms with Crippen LogP contribution in [0.25, 0.3) is 0 Å². The van der Waals surface area contributed by atoms with Gasteiger partial charge in [-0.05, 0) is 86.6 Å². The summed E-state index contributed by atoms with van der Waals surface area (Å²) >= 11 is -1.19. The van der Waals surface area contributed by atoms with E-state index in [-0.39, 0.29) is 22.8 Å². The average molecular weight is 695 g/mol. The zero-order valence-corrected chi connectivity index (χ0v) is 30.6. The van der Waals surface area contributed by atoms with Crippen LogP contribution in [0.5, 0.6) is 23.1 Å². The van der Waals surface area contributed by atoms with Crippen LogP contribution >= 0.6 is 0 Å². The second kappa shape index (κ2) is 15.2. The fourth-order valence-corrected chi connectivity index (χ4v) is 7.67. The number of benzene rings is 3. The number of methoxy groups -OCH3 is 3. The molecule has 3 aromatic carbocycles. The Labute approximate surface area is 299 Å². The van der Waals surface area contributed by atoms with Crippen LogP contribution in [-0.4, -0.2) is 53.7 Å². The molecule has 1 fully saturated rings. The van der Waals surface area contributed by atoms with Gasteiger partial charge in [0.25, 0.3) is 0 Å². The van der Waals surface area contributed by atoms with E-state index in [9.17, 15) is 4.55 Å². The number of nitrogens with zero attached hydrogens (tertiary/aromatic N) is 3. The van der Waals surface area contributed by atoms with E-state index in [2.05, 4.69) is 45.7 Å². The second-order valence-corrected chi connectivity index (χ2v) is 15.9. The smallest absolute Gasteiger partial charge is 0.234 e. The largest absolute Gasteiger partial charge is 0.598 e. The summed E-state index contributed by atoms with van der Waals surface area (Å²) in [7, 11) is 4.89. The topological polar surface area (TPSA) is 101 Å². The number of ether oxygens (including phenoxy) is 4. The lowest BCUT2D eigenvalue weighted by atomic mass is 9.73. The second-order valence-electron chi connectivity index (χ2n) is 13.9. The summed E-state index contributed by atoms with van der Waals surface area (Å²) in [5.74, 6) is 9.63. The molecule has 2 heterocycles. The number of hydrogen-bond acceptors (Lipinski definition) is 9. The highest BCUT2D eigenvalue weighted by Gasteiger charge is 2.50. The van der Waals surface area contributed by atoms with Gasteiger partial charge in [0.2, 0.25) is 11.8 Å². The van der Waals surface area contributed by atoms with Crippen LogP contribution in [-0.2, 0) is 30.8 Å². The summed E-state index contributed by atoms with van der Waals surface area (Å²) in [6, 6.07) is 22.2. The summed E-state index contributed by atoms with van der Waals surface area (Å²) in [5.41, 5.74) is 5.13. The zero-order valence-electron chi connectivity index (χ0n) is 29.7. The van der Waals surface area contributed by atoms with Crippen molar-refractivity contribution in [3.8, 4) is 35.0 Å². The molecule has 2 atom stereocenters. The number of hydrogen-bond donors (Lipinski definition) is 1. The number of fused-ring (bicyclic) bond motifs is 1. The van der Waals surface area contributed by atoms with Crippen LogP contribution in [0.3, 0.4) is 0 Å². The lowest BCUT2D eigenvalue weighted by Gasteiger charge is -2.43. The van der Waals surface area contributed by atoms with Gasteiger partial charge in [0.15, 0.2) is 11.5 Å². The van der Waals surface area contributed by atoms with Crippen LogP contribution in [0.4, 0.5) is 5.95 Å². The predicted molar refractivity (Wildman–Crippen MR) is 197 cm³/mol. The summed E-state index contributed by atoms with van der Waals surface area (Å²) < 4.78 is 39.2. The molecule has 1 spiro atoms. The highest BCUT2D eigenvalue weighted by molar-refractivity contribution is 7.90. The molecule has 50 heavy (non-hydrogen) atoms. The van der Waals surface area contributed by atoms with Crippen molar-refractivity contribution < 1.29 is 23.5 Å². The Morgan fingerprint density at radius 1 is 0.940 bits per heavy atom. The lowest BCUT2D eigenvalue weighted by molar-refractivity contribution is 0.175. The molecular weight excluding hydrogens is 649 g/mol. The molecule has 2 aliphatic rings. The Hall–Kier alpha value is -4.43. The SMILES string of the molecule is COc1cccc(CC#Cc2cnc(N3CCC4(CC3)Cc3ccccc3[C@H]4N[S+]([O-])C(C)(C)C)nc2OCc2ccc(OC)c(OC)c2)c1. The number of anilines is 1. The van der Waals surface area contributed by atoms with Crippen LogP contribution in [0, 0.1) is 17.3 Å². The molecule has 1 aromatic heterocycles. The maximum absolute atomic E-state index is 13.4. The highest BCUT2D eigenvalue weighted by atomic mass is 32.2. The summed E-state index contributed by atoms with van der Waals surface area (Å²) in [6.07, 6.45) is 5.08. The molecule has 262 valence electrons. The minimum absolute atomic E-state index is 0.0180. The minimum Gasteiger partial charge on any atom is -0.598 e. The van der Waals surface area contributed by atoms with E-state index < -0.39 is 11.4 Å². The first-order valence-corrected chi connectivity index (χ1v) is 18.1. The maximum atomic E-state index is 13.4. The van der Waals surface area contributed by atoms with Crippen molar-refractivity contribution in [1.82, 2.24) is 14.7 Å². The van der Waals surface area contributed by atoms with Crippen molar-refractivity contribution >= 4 is 17.3 Å². The van der Waals surface area contributed by atoms with E-state index in [1.165, 1.54) is 11.1 Å². The van der Waals surface area contributed by atoms with Crippen LogP contribution < -0.4 is 28.6 Å². The van der Waals surface area contributed by atoms with Gasteiger partial charge in [0, 0.05) is 36.3 Å². The van der Waals surface area contributed by atoms with Crippen molar-refractivity contribution in [2.75, 3.05) is 39.3 Å². The summed E-state index contributed by atoms with van der Waals surface area (Å²) in [5, 5.41) is 0. The van der Waals surface area contributed by atoms with Gasteiger partial charge in [-0.15, -0.1) is 4.72 Å². The zero-order chi connectivity index (χ0) is 35.3. The maximum Gasteiger partial charge on any atom is 0.234 e. The number of aromatic nitrogens is 2. The van der Waals surface area contributed by atoms with E-state index >= 15 is 0 Å². The molecular formula is C40H46N4O5S. The minimum atomic E-state index is -1.19. The van der Waals surface area contributed by atoms with E-state index in [4.69, 9.17) is 28.9 Å². The molecule has 4 aromatic rings. The standard InChI is InChI=1S/C40H46N4O5S/c1-39(2,3)50(45)43-36-33-16-8-7-13-30(33)25-40(36)19-21-44(22-20-40)38-41-26-31(14-9-11-28-12-10-15-32(23-28)46-4)37(42-38)49-27-29-17-18-34(47-5)35(24-29)48-6/h7-8,10,12-13,15-18,23-24,26,36,43H,11,19-22,25,27H2,1-6H3/t36-,50?/m1/s1. The Kier molecular flexibility index (Phi) is 10.8. The molecule has 0 radical (unpaired) electrons. The van der Waals surface area contributed by atoms with Crippen LogP contribution in [0.15, 0.2) is 72.9 Å². The summed E-state index contributed by atoms with van der Waals surface area (Å²) in [6.45, 7) is 7.85. The molecule has 9 nitrogen and oxygen atoms in total. The van der Waals surface area contributed by atoms with Gasteiger partial charge >= 0.3 is 0 Å². The third-order valence-electron chi connectivity index (χ3n) is 9.56. The number of nitrogens with one attached hydrogen (secondary N) is 1. The first kappa shape index (κ1) is 35.4. The van der Waals surface area contributed by atoms with Gasteiger partial charge in [0.1, 0.15) is 22.7 Å². The van der Waals surface area contributed by atoms with Gasteiger partial charge in [-0.2, -0.15) is 4.98 Å². The van der Waals surface area contributed by atoms with Crippen molar-refractivity contribution in [1.29, 1.82) is 0 Å². The van der Waals surface area contributed by atoms with E-state index in [1.807, 2.05) is 63.2 Å². The van der Waals surface area contributed by atoms with Gasteiger partial charge < -0.3 is 28.4 Å². The monoisotopic (exact) mass is 694 g/mol. The molecule has 10 heteroatoms. The van der Waals surface area contributed by atoms with Gasteiger partial charge in [-0.1, -0.05) is 54.3 Å². The molecule has 0 bridgehead atoms. The van der Waals surface area contributed by atoms with Crippen LogP contribution in [0.1, 0.15) is 67.5 Å². The molecule has 1 unspecified atom stereocenters. The van der Waals surface area contributed by atoms with Gasteiger partial charge in [0.05, 0.1) is 33.6 Å². The molecule has 1 aliphatic heterocycles. The van der Waals surface area contributed by atoms with Crippen molar-refractivity contribution in [3.05, 3.63) is 101 Å². The first-order valence-electron chi connectivity index (χ1n) is 17.0. The quantitative estimate of drug-likeness (QED) is 0.145. The van der Waals surface area contributed by atoms with Crippen molar-refractivity contribution in [3.63, 3.8) is 0 Å². The fourth-order valence-electron chi connectivity index (χ4n) is 6.73. The van der Waals surface area contributed by atoms with E-state index in [0.717, 1.165) is 49.2 Å². The van der Waals surface area contributed by atoms with E-state index in [1.54, 1.807) is 27.5 Å². The predicted octanol–water partition coefficient (Wildman–Crippen LogP) is 6.61. The van der Waals surface area contributed by atoms with Crippen LogP contribution in [0.2, 0.25) is 0 Å². The molecule has 0 saturated carbocycles. The molecule has 1 N–H and O–H groups in total. The van der Waals surface area contributed by atoms with Crippen molar-refractivity contribution in [2.24, 2.45) is 5.41 Å². The Balaban J connectivity index is 1.23. The Morgan fingerprint density at radius 2 is 1.72 bits per heavy atom. The van der Waals surface area contributed by atoms with E-state index in [0.29, 0.717) is 35.3 Å². The third-order valence-corrected chi connectivity index (χ3v) is 11.1. The number of piperidine rings is 1. The molecule has 0 amide bonds. The lowest BCUT2D eigenvalue weighted by Crippen LogP contribution is -2.50. The normalized spacial score (nSPS) is 17.0. The molecule has 1 aliphatic carbocycles.